The van der Waals surface area contributed by atoms with E-state index in [1.807, 2.05) is 28.9 Å². The molecule has 0 N–H and O–H groups in total. The average molecular weight is 248 g/mol. The summed E-state index contributed by atoms with van der Waals surface area (Å²) in [6, 6.07) is 7.90. The lowest BCUT2D eigenvalue weighted by Gasteiger charge is -2.02. The van der Waals surface area contributed by atoms with Crippen molar-refractivity contribution in [1.82, 2.24) is 14.8 Å². The highest BCUT2D eigenvalue weighted by Gasteiger charge is 2.23. The van der Waals surface area contributed by atoms with Crippen molar-refractivity contribution in [2.45, 2.75) is 25.3 Å². The molecule has 0 radical (unpaired) electrons. The van der Waals surface area contributed by atoms with Crippen molar-refractivity contribution < 1.29 is 0 Å². The van der Waals surface area contributed by atoms with Crippen LogP contribution in [0.4, 0.5) is 0 Å². The minimum Gasteiger partial charge on any atom is -0.267 e. The first-order chi connectivity index (χ1) is 8.36. The third kappa shape index (κ3) is 2.34. The summed E-state index contributed by atoms with van der Waals surface area (Å²) in [6.07, 6.45) is 4.43. The minimum absolute atomic E-state index is 0.507. The highest BCUT2D eigenvalue weighted by Crippen LogP contribution is 2.31. The number of aromatic nitrogens is 3. The fourth-order valence-corrected chi connectivity index (χ4v) is 2.12. The molecule has 1 aliphatic carbocycles. The first-order valence-corrected chi connectivity index (χ1v) is 6.44. The number of nitrogens with zero attached hydrogens (tertiary/aromatic N) is 3. The summed E-state index contributed by atoms with van der Waals surface area (Å²) < 4.78 is 2.04. The molecule has 0 atom stereocenters. The van der Waals surface area contributed by atoms with Gasteiger partial charge in [0.15, 0.2) is 0 Å². The van der Waals surface area contributed by atoms with Crippen LogP contribution in [0.2, 0.25) is 0 Å². The molecule has 1 aliphatic rings. The van der Waals surface area contributed by atoms with Gasteiger partial charge in [-0.15, -0.1) is 11.6 Å². The Labute approximate surface area is 105 Å². The molecule has 3 nitrogen and oxygen atoms in total. The smallest absolute Gasteiger partial charge is 0.111 e. The van der Waals surface area contributed by atoms with E-state index in [2.05, 4.69) is 10.1 Å². The molecule has 4 heteroatoms. The number of rotatable bonds is 4. The van der Waals surface area contributed by atoms with E-state index >= 15 is 0 Å². The predicted molar refractivity (Wildman–Crippen MR) is 67.7 cm³/mol. The SMILES string of the molecule is ClCc1cc(-c2ccccn2)nn1CC1CC1. The average Bonchev–Trinajstić information content (AvgIpc) is 3.09. The number of hydrogen-bond donors (Lipinski definition) is 0. The van der Waals surface area contributed by atoms with Crippen LogP contribution in [0, 0.1) is 5.92 Å². The molecule has 2 aromatic heterocycles. The van der Waals surface area contributed by atoms with Crippen LogP contribution in [0.3, 0.4) is 0 Å². The van der Waals surface area contributed by atoms with E-state index in [0.717, 1.165) is 29.5 Å². The Hall–Kier alpha value is -1.35. The van der Waals surface area contributed by atoms with Crippen molar-refractivity contribution in [3.05, 3.63) is 36.2 Å². The molecule has 2 heterocycles. The Morgan fingerprint density at radius 2 is 2.18 bits per heavy atom. The molecular weight excluding hydrogens is 234 g/mol. The van der Waals surface area contributed by atoms with Crippen LogP contribution < -0.4 is 0 Å². The van der Waals surface area contributed by atoms with E-state index in [1.165, 1.54) is 12.8 Å². The summed E-state index contributed by atoms with van der Waals surface area (Å²) >= 11 is 5.96. The molecule has 88 valence electrons. The molecule has 1 saturated carbocycles. The third-order valence-electron chi connectivity index (χ3n) is 3.06. The molecule has 1 fully saturated rings. The number of alkyl halides is 1. The summed E-state index contributed by atoms with van der Waals surface area (Å²) in [7, 11) is 0. The predicted octanol–water partition coefficient (Wildman–Crippen LogP) is 3.09. The zero-order valence-electron chi connectivity index (χ0n) is 9.51. The normalized spacial score (nSPS) is 15.1. The largest absolute Gasteiger partial charge is 0.267 e. The molecule has 0 amide bonds. The molecule has 3 rings (SSSR count). The second-order valence-corrected chi connectivity index (χ2v) is 4.76. The van der Waals surface area contributed by atoms with E-state index in [-0.39, 0.29) is 0 Å². The number of pyridine rings is 1. The maximum absolute atomic E-state index is 5.96. The Morgan fingerprint density at radius 1 is 1.29 bits per heavy atom. The zero-order valence-corrected chi connectivity index (χ0v) is 10.3. The highest BCUT2D eigenvalue weighted by atomic mass is 35.5. The summed E-state index contributed by atoms with van der Waals surface area (Å²) in [5.41, 5.74) is 2.91. The van der Waals surface area contributed by atoms with Crippen LogP contribution in [-0.4, -0.2) is 14.8 Å². The van der Waals surface area contributed by atoms with Crippen LogP contribution in [0.5, 0.6) is 0 Å². The second kappa shape index (κ2) is 4.49. The fraction of sp³-hybridized carbons (Fsp3) is 0.385. The van der Waals surface area contributed by atoms with Gasteiger partial charge in [0.1, 0.15) is 5.69 Å². The van der Waals surface area contributed by atoms with E-state index in [0.29, 0.717) is 5.88 Å². The molecule has 0 aromatic carbocycles. The molecule has 0 bridgehead atoms. The summed E-state index contributed by atoms with van der Waals surface area (Å²) in [5, 5.41) is 4.60. The lowest BCUT2D eigenvalue weighted by atomic mass is 10.2. The van der Waals surface area contributed by atoms with E-state index in [9.17, 15) is 0 Å². The molecule has 0 unspecified atom stereocenters. The van der Waals surface area contributed by atoms with Crippen LogP contribution in [-0.2, 0) is 12.4 Å². The van der Waals surface area contributed by atoms with Gasteiger partial charge < -0.3 is 0 Å². The monoisotopic (exact) mass is 247 g/mol. The summed E-state index contributed by atoms with van der Waals surface area (Å²) in [5.74, 6) is 1.31. The van der Waals surface area contributed by atoms with Crippen molar-refractivity contribution in [1.29, 1.82) is 0 Å². The quantitative estimate of drug-likeness (QED) is 0.778. The van der Waals surface area contributed by atoms with Crippen molar-refractivity contribution in [3.8, 4) is 11.4 Å². The van der Waals surface area contributed by atoms with Crippen LogP contribution in [0.1, 0.15) is 18.5 Å². The first-order valence-electron chi connectivity index (χ1n) is 5.91. The number of halogens is 1. The van der Waals surface area contributed by atoms with E-state index in [1.54, 1.807) is 6.20 Å². The first kappa shape index (κ1) is 10.8. The second-order valence-electron chi connectivity index (χ2n) is 4.50. The standard InChI is InChI=1S/C13H14ClN3/c14-8-11-7-13(12-3-1-2-6-15-12)16-17(11)9-10-4-5-10/h1-3,6-7,10H,4-5,8-9H2. The van der Waals surface area contributed by atoms with Crippen molar-refractivity contribution in [2.75, 3.05) is 0 Å². The van der Waals surface area contributed by atoms with Gasteiger partial charge in [-0.05, 0) is 37.0 Å². The van der Waals surface area contributed by atoms with Crippen molar-refractivity contribution in [3.63, 3.8) is 0 Å². The molecule has 0 spiro atoms. The van der Waals surface area contributed by atoms with Gasteiger partial charge in [0.2, 0.25) is 0 Å². The lowest BCUT2D eigenvalue weighted by Crippen LogP contribution is -2.05. The van der Waals surface area contributed by atoms with Crippen molar-refractivity contribution in [2.24, 2.45) is 5.92 Å². The van der Waals surface area contributed by atoms with Crippen molar-refractivity contribution >= 4 is 11.6 Å². The van der Waals surface area contributed by atoms with Gasteiger partial charge in [-0.2, -0.15) is 5.10 Å². The van der Waals surface area contributed by atoms with Gasteiger partial charge in [-0.1, -0.05) is 6.07 Å². The Kier molecular flexibility index (Phi) is 2.85. The van der Waals surface area contributed by atoms with Crippen LogP contribution in [0.15, 0.2) is 30.5 Å². The Balaban J connectivity index is 1.92. The molecule has 2 aromatic rings. The maximum atomic E-state index is 5.96. The lowest BCUT2D eigenvalue weighted by molar-refractivity contribution is 0.549. The highest BCUT2D eigenvalue weighted by molar-refractivity contribution is 6.16. The molecule has 17 heavy (non-hydrogen) atoms. The maximum Gasteiger partial charge on any atom is 0.111 e. The minimum atomic E-state index is 0.507. The fourth-order valence-electron chi connectivity index (χ4n) is 1.91. The molecule has 0 saturated heterocycles. The van der Waals surface area contributed by atoms with Gasteiger partial charge in [0, 0.05) is 12.7 Å². The third-order valence-corrected chi connectivity index (χ3v) is 3.33. The van der Waals surface area contributed by atoms with Gasteiger partial charge in [-0.25, -0.2) is 0 Å². The van der Waals surface area contributed by atoms with E-state index in [4.69, 9.17) is 11.6 Å². The summed E-state index contributed by atoms with van der Waals surface area (Å²) in [6.45, 7) is 0.995. The van der Waals surface area contributed by atoms with Gasteiger partial charge in [-0.3, -0.25) is 9.67 Å². The van der Waals surface area contributed by atoms with Crippen LogP contribution in [0.25, 0.3) is 11.4 Å². The Morgan fingerprint density at radius 3 is 2.82 bits per heavy atom. The van der Waals surface area contributed by atoms with E-state index < -0.39 is 0 Å². The molecule has 0 aliphatic heterocycles. The number of hydrogen-bond acceptors (Lipinski definition) is 2. The van der Waals surface area contributed by atoms with Crippen LogP contribution >= 0.6 is 11.6 Å². The van der Waals surface area contributed by atoms with Gasteiger partial charge >= 0.3 is 0 Å². The van der Waals surface area contributed by atoms with Gasteiger partial charge in [0.25, 0.3) is 0 Å². The summed E-state index contributed by atoms with van der Waals surface area (Å²) in [4.78, 5) is 4.31. The van der Waals surface area contributed by atoms with Gasteiger partial charge in [0.05, 0.1) is 17.3 Å². The zero-order chi connectivity index (χ0) is 11.7. The molecular formula is C13H14ClN3. The Bertz CT molecular complexity index is 503. The topological polar surface area (TPSA) is 30.7 Å².